The van der Waals surface area contributed by atoms with E-state index in [0.717, 1.165) is 56.0 Å². The lowest BCUT2D eigenvalue weighted by molar-refractivity contribution is 1.28. The molecule has 1 heteroatoms. The van der Waals surface area contributed by atoms with E-state index in [-0.39, 0.29) is 46.5 Å². The van der Waals surface area contributed by atoms with Crippen LogP contribution < -0.4 is 4.90 Å². The predicted molar refractivity (Wildman–Crippen MR) is 226 cm³/mol. The third kappa shape index (κ3) is 6.65. The fraction of sp³-hybridized carbons (Fsp3) is 0. The van der Waals surface area contributed by atoms with Crippen molar-refractivity contribution in [2.24, 2.45) is 0 Å². The minimum atomic E-state index is -0.469. The maximum Gasteiger partial charge on any atom is 0.0629 e. The fourth-order valence-electron chi connectivity index (χ4n) is 6.88. The molecule has 0 aliphatic heterocycles. The lowest BCUT2D eigenvalue weighted by atomic mass is 9.95. The minimum absolute atomic E-state index is 0.0580. The molecule has 0 amide bonds. The molecule has 9 aromatic carbocycles. The van der Waals surface area contributed by atoms with Gasteiger partial charge in [-0.15, -0.1) is 0 Å². The summed E-state index contributed by atoms with van der Waals surface area (Å²) in [7, 11) is 0. The average Bonchev–Trinajstić information content (AvgIpc) is 3.31. The number of anilines is 3. The zero-order chi connectivity index (χ0) is 41.5. The van der Waals surface area contributed by atoms with Crippen LogP contribution in [-0.4, -0.2) is 0 Å². The molecule has 0 bridgehead atoms. The highest BCUT2D eigenvalue weighted by molar-refractivity contribution is 5.97. The molecule has 0 heterocycles. The van der Waals surface area contributed by atoms with Crippen molar-refractivity contribution >= 4 is 27.8 Å². The van der Waals surface area contributed by atoms with Crippen molar-refractivity contribution in [3.8, 4) is 55.6 Å². The van der Waals surface area contributed by atoms with E-state index < -0.39 is 12.1 Å². The van der Waals surface area contributed by atoms with E-state index >= 15 is 0 Å². The van der Waals surface area contributed by atoms with Gasteiger partial charge in [0, 0.05) is 17.1 Å². The topological polar surface area (TPSA) is 3.24 Å². The van der Waals surface area contributed by atoms with Crippen LogP contribution in [0.3, 0.4) is 0 Å². The average molecular weight is 683 g/mol. The van der Waals surface area contributed by atoms with Crippen LogP contribution in [0.4, 0.5) is 17.1 Å². The summed E-state index contributed by atoms with van der Waals surface area (Å²) in [5.74, 6) is 0. The largest absolute Gasteiger partial charge is 0.311 e. The van der Waals surface area contributed by atoms with Crippen molar-refractivity contribution in [2.45, 2.75) is 0 Å². The second-order valence-corrected chi connectivity index (χ2v) is 12.9. The maximum atomic E-state index is 8.86. The molecule has 0 atom stereocenters. The molecule has 0 unspecified atom stereocenters. The molecule has 0 spiro atoms. The molecule has 0 fully saturated rings. The highest BCUT2D eigenvalue weighted by atomic mass is 15.1. The van der Waals surface area contributed by atoms with Crippen LogP contribution in [0.15, 0.2) is 224 Å². The second kappa shape index (κ2) is 14.3. The van der Waals surface area contributed by atoms with Crippen LogP contribution >= 0.6 is 0 Å². The lowest BCUT2D eigenvalue weighted by Crippen LogP contribution is -2.09. The third-order valence-corrected chi connectivity index (χ3v) is 9.58. The van der Waals surface area contributed by atoms with Gasteiger partial charge in [0.15, 0.2) is 0 Å². The van der Waals surface area contributed by atoms with Crippen LogP contribution in [0.5, 0.6) is 0 Å². The van der Waals surface area contributed by atoms with Gasteiger partial charge in [0.1, 0.15) is 0 Å². The van der Waals surface area contributed by atoms with E-state index in [4.69, 9.17) is 9.60 Å². The Morgan fingerprint density at radius 2 is 0.679 bits per heavy atom. The number of hydrogen-bond donors (Lipinski definition) is 0. The van der Waals surface area contributed by atoms with Gasteiger partial charge in [0.2, 0.25) is 0 Å². The Kier molecular flexibility index (Phi) is 6.78. The first-order chi connectivity index (χ1) is 29.2. The Morgan fingerprint density at radius 3 is 1.21 bits per heavy atom. The first kappa shape index (κ1) is 25.1. The summed E-state index contributed by atoms with van der Waals surface area (Å²) in [5.41, 5.74) is 12.2. The van der Waals surface area contributed by atoms with Gasteiger partial charge in [-0.05, 0) is 115 Å². The number of hydrogen-bond acceptors (Lipinski definition) is 1. The van der Waals surface area contributed by atoms with Crippen LogP contribution in [0, 0.1) is 0 Å². The van der Waals surface area contributed by atoms with Crippen LogP contribution in [0.2, 0.25) is 0 Å². The van der Waals surface area contributed by atoms with E-state index in [1.807, 2.05) is 54.6 Å². The molecule has 9 aromatic rings. The standard InChI is InChI=1S/C52H37N/c1-3-12-38(13-4-1)40-24-30-48(31-25-40)53(49-32-26-41(27-33-49)45-19-9-18-44(36-45)39-14-5-2-6-15-39)50-34-28-42(29-35-50)46-20-10-21-47(37-46)52-23-11-17-43-16-7-8-22-51(43)52/h1-37H/i7D,8D,11D,16D,17D,22D,23D. The molecule has 0 N–H and O–H groups in total. The van der Waals surface area contributed by atoms with Gasteiger partial charge < -0.3 is 4.90 Å². The van der Waals surface area contributed by atoms with Gasteiger partial charge in [-0.1, -0.05) is 176 Å². The number of benzene rings is 9. The van der Waals surface area contributed by atoms with Crippen LogP contribution in [0.1, 0.15) is 9.60 Å². The van der Waals surface area contributed by atoms with E-state index in [0.29, 0.717) is 5.56 Å². The SMILES string of the molecule is [2H]c1c([2H])c([2H])c2c(-c3cccc(-c4ccc(N(c5ccc(-c6ccccc6)cc5)c5ccc(-c6cccc(-c7ccccc7)c6)cc5)cc4)c3)c([2H])c([2H])c([2H])c2c1[2H]. The van der Waals surface area contributed by atoms with Gasteiger partial charge >= 0.3 is 0 Å². The molecule has 0 radical (unpaired) electrons. The molecule has 9 rings (SSSR count). The molecule has 0 saturated heterocycles. The Morgan fingerprint density at radius 1 is 0.302 bits per heavy atom. The van der Waals surface area contributed by atoms with Crippen molar-refractivity contribution in [3.63, 3.8) is 0 Å². The monoisotopic (exact) mass is 682 g/mol. The van der Waals surface area contributed by atoms with E-state index in [9.17, 15) is 0 Å². The van der Waals surface area contributed by atoms with Crippen molar-refractivity contribution in [2.75, 3.05) is 4.90 Å². The number of rotatable bonds is 8. The minimum Gasteiger partial charge on any atom is -0.311 e. The summed E-state index contributed by atoms with van der Waals surface area (Å²) in [5, 5.41) is 0.0146. The molecule has 1 nitrogen and oxygen atoms in total. The Labute approximate surface area is 321 Å². The molecule has 0 aromatic heterocycles. The highest BCUT2D eigenvalue weighted by Gasteiger charge is 2.14. The summed E-state index contributed by atoms with van der Waals surface area (Å²) >= 11 is 0. The lowest BCUT2D eigenvalue weighted by Gasteiger charge is -2.26. The van der Waals surface area contributed by atoms with Crippen molar-refractivity contribution in [1.82, 2.24) is 0 Å². The first-order valence-corrected chi connectivity index (χ1v) is 17.6. The molecule has 0 aliphatic rings. The summed E-state index contributed by atoms with van der Waals surface area (Å²) in [6, 6.07) is 59.4. The molecule has 250 valence electrons. The molecular formula is C52H37N. The summed E-state index contributed by atoms with van der Waals surface area (Å²) < 4.78 is 59.7. The Balaban J connectivity index is 1.09. The quantitative estimate of drug-likeness (QED) is 0.154. The maximum absolute atomic E-state index is 8.86. The summed E-state index contributed by atoms with van der Waals surface area (Å²) in [6.45, 7) is 0. The first-order valence-electron chi connectivity index (χ1n) is 21.1. The van der Waals surface area contributed by atoms with Gasteiger partial charge in [-0.25, -0.2) is 0 Å². The highest BCUT2D eigenvalue weighted by Crippen LogP contribution is 2.39. The second-order valence-electron chi connectivity index (χ2n) is 12.9. The molecule has 0 saturated carbocycles. The van der Waals surface area contributed by atoms with Gasteiger partial charge in [0.05, 0.1) is 9.60 Å². The van der Waals surface area contributed by atoms with Crippen LogP contribution in [0.25, 0.3) is 66.4 Å². The molecule has 53 heavy (non-hydrogen) atoms. The molecular weight excluding hydrogens is 639 g/mol. The Bertz CT molecular complexity index is 3010. The smallest absolute Gasteiger partial charge is 0.0629 e. The third-order valence-electron chi connectivity index (χ3n) is 9.58. The van der Waals surface area contributed by atoms with Crippen molar-refractivity contribution < 1.29 is 9.60 Å². The Hall–Kier alpha value is -6.96. The van der Waals surface area contributed by atoms with Gasteiger partial charge in [0.25, 0.3) is 0 Å². The summed E-state index contributed by atoms with van der Waals surface area (Å²) in [6.07, 6.45) is 0. The van der Waals surface area contributed by atoms with Crippen LogP contribution in [-0.2, 0) is 0 Å². The number of fused-ring (bicyclic) bond motifs is 1. The summed E-state index contributed by atoms with van der Waals surface area (Å²) in [4.78, 5) is 2.23. The van der Waals surface area contributed by atoms with E-state index in [1.54, 1.807) is 6.07 Å². The molecule has 0 aliphatic carbocycles. The van der Waals surface area contributed by atoms with E-state index in [1.165, 1.54) is 5.56 Å². The zero-order valence-corrected chi connectivity index (χ0v) is 28.8. The van der Waals surface area contributed by atoms with Crippen molar-refractivity contribution in [1.29, 1.82) is 0 Å². The van der Waals surface area contributed by atoms with Crippen molar-refractivity contribution in [3.05, 3.63) is 224 Å². The van der Waals surface area contributed by atoms with Gasteiger partial charge in [-0.2, -0.15) is 0 Å². The normalized spacial score (nSPS) is 12.9. The zero-order valence-electron chi connectivity index (χ0n) is 35.8. The van der Waals surface area contributed by atoms with Gasteiger partial charge in [-0.3, -0.25) is 0 Å². The van der Waals surface area contributed by atoms with E-state index in [2.05, 4.69) is 126 Å². The predicted octanol–water partition coefficient (Wildman–Crippen LogP) is 14.6. The fourth-order valence-corrected chi connectivity index (χ4v) is 6.88. The number of nitrogens with zero attached hydrogens (tertiary/aromatic N) is 1.